The summed E-state index contributed by atoms with van der Waals surface area (Å²) in [5.41, 5.74) is 7.02. The number of likely N-dealkylation sites (tertiary alicyclic amines) is 1. The van der Waals surface area contributed by atoms with Crippen LogP contribution in [0.15, 0.2) is 6.07 Å². The van der Waals surface area contributed by atoms with E-state index in [9.17, 15) is 4.39 Å². The lowest BCUT2D eigenvalue weighted by atomic mass is 9.91. The summed E-state index contributed by atoms with van der Waals surface area (Å²) in [5.74, 6) is 0.573. The summed E-state index contributed by atoms with van der Waals surface area (Å²) in [4.78, 5) is 2.15. The van der Waals surface area contributed by atoms with E-state index in [1.807, 2.05) is 24.6 Å². The summed E-state index contributed by atoms with van der Waals surface area (Å²) >= 11 is 0. The van der Waals surface area contributed by atoms with Gasteiger partial charge in [0.15, 0.2) is 0 Å². The summed E-state index contributed by atoms with van der Waals surface area (Å²) in [7, 11) is 0. The molecule has 0 aromatic carbocycles. The number of nitrogens with zero attached hydrogens (tertiary/aromatic N) is 3. The first-order valence-electron chi connectivity index (χ1n) is 7.55. The molecule has 2 rings (SSSR count). The molecular weight excluding hydrogens is 255 g/mol. The highest BCUT2D eigenvalue weighted by atomic mass is 19.1. The lowest BCUT2D eigenvalue weighted by Crippen LogP contribution is -2.26. The van der Waals surface area contributed by atoms with E-state index in [4.69, 9.17) is 5.73 Å². The average molecular weight is 284 g/mol. The van der Waals surface area contributed by atoms with Crippen LogP contribution in [0.2, 0.25) is 0 Å². The summed E-state index contributed by atoms with van der Waals surface area (Å²) in [5, 5.41) is 4.43. The van der Waals surface area contributed by atoms with Gasteiger partial charge < -0.3 is 5.73 Å². The zero-order valence-corrected chi connectivity index (χ0v) is 13.5. The molecule has 1 aliphatic heterocycles. The number of halogens is 1. The third-order valence-electron chi connectivity index (χ3n) is 3.52. The van der Waals surface area contributed by atoms with Crippen molar-refractivity contribution in [3.8, 4) is 0 Å². The van der Waals surface area contributed by atoms with Gasteiger partial charge in [0.05, 0.1) is 6.04 Å². The number of hydrogen-bond donors (Lipinski definition) is 1. The maximum absolute atomic E-state index is 12.4. The van der Waals surface area contributed by atoms with E-state index in [1.54, 1.807) is 0 Å². The third-order valence-corrected chi connectivity index (χ3v) is 3.52. The minimum Gasteiger partial charge on any atom is -0.382 e. The highest BCUT2D eigenvalue weighted by Gasteiger charge is 2.29. The van der Waals surface area contributed by atoms with Crippen molar-refractivity contribution < 1.29 is 4.39 Å². The van der Waals surface area contributed by atoms with Crippen LogP contribution in [0.5, 0.6) is 0 Å². The molecule has 0 spiro atoms. The molecule has 116 valence electrons. The first-order chi connectivity index (χ1) is 9.41. The van der Waals surface area contributed by atoms with Gasteiger partial charge in [-0.2, -0.15) is 5.10 Å². The van der Waals surface area contributed by atoms with Gasteiger partial charge in [-0.25, -0.2) is 4.39 Å². The second-order valence-corrected chi connectivity index (χ2v) is 6.08. The second kappa shape index (κ2) is 7.07. The fourth-order valence-electron chi connectivity index (χ4n) is 2.59. The Bertz CT molecular complexity index is 408. The number of hydrogen-bond acceptors (Lipinski definition) is 3. The smallest absolute Gasteiger partial charge is 0.145 e. The van der Waals surface area contributed by atoms with Crippen molar-refractivity contribution in [3.05, 3.63) is 11.8 Å². The Balaban J connectivity index is 0.000000956. The average Bonchev–Trinajstić information content (AvgIpc) is 2.98. The largest absolute Gasteiger partial charge is 0.382 e. The van der Waals surface area contributed by atoms with E-state index in [0.29, 0.717) is 18.4 Å². The Kier molecular flexibility index (Phi) is 5.99. The van der Waals surface area contributed by atoms with E-state index < -0.39 is 0 Å². The van der Waals surface area contributed by atoms with Gasteiger partial charge >= 0.3 is 0 Å². The Morgan fingerprint density at radius 1 is 1.40 bits per heavy atom. The predicted molar refractivity (Wildman–Crippen MR) is 82.8 cm³/mol. The maximum atomic E-state index is 12.4. The SMILES string of the molecule is CC.CC(C)(C)c1cc(N)nn1C1CCN(CCF)C1. The van der Waals surface area contributed by atoms with Gasteiger partial charge in [-0.05, 0) is 6.42 Å². The van der Waals surface area contributed by atoms with Gasteiger partial charge in [0.1, 0.15) is 12.5 Å². The van der Waals surface area contributed by atoms with Crippen LogP contribution in [0.25, 0.3) is 0 Å². The Morgan fingerprint density at radius 3 is 2.60 bits per heavy atom. The van der Waals surface area contributed by atoms with Crippen molar-refractivity contribution in [1.29, 1.82) is 0 Å². The number of nitrogens with two attached hydrogens (primary N) is 1. The van der Waals surface area contributed by atoms with E-state index >= 15 is 0 Å². The van der Waals surface area contributed by atoms with Crippen LogP contribution in [-0.2, 0) is 5.41 Å². The minimum absolute atomic E-state index is 0.0259. The second-order valence-electron chi connectivity index (χ2n) is 6.08. The fraction of sp³-hybridized carbons (Fsp3) is 0.800. The summed E-state index contributed by atoms with van der Waals surface area (Å²) in [6.07, 6.45) is 1.02. The Labute approximate surface area is 122 Å². The summed E-state index contributed by atoms with van der Waals surface area (Å²) < 4.78 is 14.4. The molecule has 1 atom stereocenters. The van der Waals surface area contributed by atoms with E-state index in [0.717, 1.165) is 25.2 Å². The molecule has 1 unspecified atom stereocenters. The van der Waals surface area contributed by atoms with Crippen LogP contribution in [-0.4, -0.2) is 41.0 Å². The van der Waals surface area contributed by atoms with Crippen LogP contribution in [0, 0.1) is 0 Å². The van der Waals surface area contributed by atoms with Crippen molar-refractivity contribution >= 4 is 5.82 Å². The Hall–Kier alpha value is -1.10. The molecule has 1 saturated heterocycles. The van der Waals surface area contributed by atoms with Gasteiger partial charge in [0, 0.05) is 36.8 Å². The molecule has 4 nitrogen and oxygen atoms in total. The molecule has 5 heteroatoms. The van der Waals surface area contributed by atoms with Crippen molar-refractivity contribution in [2.45, 2.75) is 52.5 Å². The molecule has 20 heavy (non-hydrogen) atoms. The van der Waals surface area contributed by atoms with Crippen LogP contribution < -0.4 is 5.73 Å². The van der Waals surface area contributed by atoms with E-state index in [1.165, 1.54) is 0 Å². The molecule has 0 amide bonds. The molecule has 0 radical (unpaired) electrons. The molecule has 1 fully saturated rings. The molecule has 1 aliphatic rings. The van der Waals surface area contributed by atoms with Crippen LogP contribution in [0.1, 0.15) is 52.8 Å². The third kappa shape index (κ3) is 3.95. The standard InChI is InChI=1S/C13H23FN4.C2H6/c1-13(2,3)11-8-12(15)16-18(11)10-4-6-17(9-10)7-5-14;1-2/h8,10H,4-7,9H2,1-3H3,(H2,15,16);1-2H3. The van der Waals surface area contributed by atoms with Crippen molar-refractivity contribution in [2.24, 2.45) is 0 Å². The van der Waals surface area contributed by atoms with Crippen LogP contribution in [0.4, 0.5) is 10.2 Å². The quantitative estimate of drug-likeness (QED) is 0.928. The van der Waals surface area contributed by atoms with Crippen molar-refractivity contribution in [2.75, 3.05) is 32.0 Å². The molecule has 0 saturated carbocycles. The summed E-state index contributed by atoms with van der Waals surface area (Å²) in [6, 6.07) is 2.28. The first kappa shape index (κ1) is 17.0. The normalized spacial score (nSPS) is 19.8. The number of aromatic nitrogens is 2. The van der Waals surface area contributed by atoms with Crippen molar-refractivity contribution in [1.82, 2.24) is 14.7 Å². The lowest BCUT2D eigenvalue weighted by molar-refractivity contribution is 0.282. The maximum Gasteiger partial charge on any atom is 0.145 e. The zero-order chi connectivity index (χ0) is 15.3. The Morgan fingerprint density at radius 2 is 2.05 bits per heavy atom. The monoisotopic (exact) mass is 284 g/mol. The lowest BCUT2D eigenvalue weighted by Gasteiger charge is -2.23. The predicted octanol–water partition coefficient (Wildman–Crippen LogP) is 3.01. The fourth-order valence-corrected chi connectivity index (χ4v) is 2.59. The molecule has 0 bridgehead atoms. The van der Waals surface area contributed by atoms with Crippen LogP contribution >= 0.6 is 0 Å². The molecular formula is C15H29FN4. The molecule has 2 heterocycles. The van der Waals surface area contributed by atoms with Crippen LogP contribution in [0.3, 0.4) is 0 Å². The molecule has 0 aliphatic carbocycles. The highest BCUT2D eigenvalue weighted by Crippen LogP contribution is 2.30. The van der Waals surface area contributed by atoms with Crippen molar-refractivity contribution in [3.63, 3.8) is 0 Å². The minimum atomic E-state index is -0.278. The zero-order valence-electron chi connectivity index (χ0n) is 13.5. The first-order valence-corrected chi connectivity index (χ1v) is 7.55. The number of rotatable bonds is 3. The molecule has 1 aromatic rings. The van der Waals surface area contributed by atoms with Gasteiger partial charge in [-0.1, -0.05) is 34.6 Å². The molecule has 1 aromatic heterocycles. The van der Waals surface area contributed by atoms with Gasteiger partial charge in [0.25, 0.3) is 0 Å². The number of alkyl halides is 1. The van der Waals surface area contributed by atoms with Gasteiger partial charge in [-0.3, -0.25) is 9.58 Å². The van der Waals surface area contributed by atoms with Gasteiger partial charge in [-0.15, -0.1) is 0 Å². The number of anilines is 1. The van der Waals surface area contributed by atoms with E-state index in [-0.39, 0.29) is 12.1 Å². The summed E-state index contributed by atoms with van der Waals surface area (Å²) in [6.45, 7) is 12.5. The topological polar surface area (TPSA) is 47.1 Å². The molecule has 2 N–H and O–H groups in total. The van der Waals surface area contributed by atoms with Gasteiger partial charge in [0.2, 0.25) is 0 Å². The number of nitrogen functional groups attached to an aromatic ring is 1. The highest BCUT2D eigenvalue weighted by molar-refractivity contribution is 5.33. The van der Waals surface area contributed by atoms with E-state index in [2.05, 4.69) is 30.8 Å².